The predicted molar refractivity (Wildman–Crippen MR) is 99.2 cm³/mol. The number of hydrogen-bond donors (Lipinski definition) is 1. The molecule has 3 aromatic rings. The van der Waals surface area contributed by atoms with Gasteiger partial charge >= 0.3 is 0 Å². The Morgan fingerprint density at radius 2 is 2.20 bits per heavy atom. The monoisotopic (exact) mass is 375 g/mol. The third-order valence-corrected chi connectivity index (χ3v) is 4.85. The van der Waals surface area contributed by atoms with Crippen molar-refractivity contribution in [2.24, 2.45) is 0 Å². The summed E-state index contributed by atoms with van der Waals surface area (Å²) in [5, 5.41) is 9.71. The van der Waals surface area contributed by atoms with Gasteiger partial charge in [0.15, 0.2) is 0 Å². The highest BCUT2D eigenvalue weighted by Gasteiger charge is 2.10. The maximum Gasteiger partial charge on any atom is 0.261 e. The smallest absolute Gasteiger partial charge is 0.261 e. The van der Waals surface area contributed by atoms with E-state index < -0.39 is 0 Å². The first-order valence-electron chi connectivity index (χ1n) is 7.91. The van der Waals surface area contributed by atoms with Gasteiger partial charge in [-0.2, -0.15) is 5.10 Å². The Hall–Kier alpha value is -2.31. The zero-order valence-corrected chi connectivity index (χ0v) is 15.3. The van der Waals surface area contributed by atoms with Crippen LogP contribution in [0.1, 0.15) is 27.9 Å². The topological polar surface area (TPSA) is 56.2 Å². The van der Waals surface area contributed by atoms with Gasteiger partial charge in [-0.1, -0.05) is 23.7 Å². The minimum absolute atomic E-state index is 0.111. The summed E-state index contributed by atoms with van der Waals surface area (Å²) in [7, 11) is 0. The average molecular weight is 376 g/mol. The number of rotatable bonds is 7. The van der Waals surface area contributed by atoms with E-state index in [2.05, 4.69) is 10.4 Å². The van der Waals surface area contributed by atoms with Gasteiger partial charge in [0, 0.05) is 18.3 Å². The molecule has 2 heterocycles. The second-order valence-corrected chi connectivity index (χ2v) is 6.70. The van der Waals surface area contributed by atoms with Gasteiger partial charge in [-0.3, -0.25) is 9.48 Å². The standard InChI is InChI=1S/C18H18ClN3O2S/c1-2-22-8-7-14(21-22)10-20-18(23)17-9-13(12-25-17)11-24-16-6-4-3-5-15(16)19/h3-9,12H,2,10-11H2,1H3,(H,20,23). The van der Waals surface area contributed by atoms with E-state index in [0.717, 1.165) is 17.8 Å². The summed E-state index contributed by atoms with van der Waals surface area (Å²) in [6.07, 6.45) is 1.90. The first-order valence-corrected chi connectivity index (χ1v) is 9.16. The van der Waals surface area contributed by atoms with Crippen LogP contribution >= 0.6 is 22.9 Å². The second kappa shape index (κ2) is 8.18. The quantitative estimate of drug-likeness (QED) is 0.675. The molecule has 5 nitrogen and oxygen atoms in total. The fourth-order valence-corrected chi connectivity index (χ4v) is 3.23. The van der Waals surface area contributed by atoms with E-state index in [0.29, 0.717) is 28.8 Å². The zero-order chi connectivity index (χ0) is 17.6. The molecule has 0 spiro atoms. The molecule has 130 valence electrons. The summed E-state index contributed by atoms with van der Waals surface area (Å²) in [5.74, 6) is 0.521. The normalized spacial score (nSPS) is 10.6. The Labute approximate surface area is 155 Å². The molecule has 0 radical (unpaired) electrons. The Morgan fingerprint density at radius 1 is 1.36 bits per heavy atom. The fraction of sp³-hybridized carbons (Fsp3) is 0.222. The average Bonchev–Trinajstić information content (AvgIpc) is 3.28. The van der Waals surface area contributed by atoms with Crippen molar-refractivity contribution < 1.29 is 9.53 Å². The molecule has 0 aliphatic heterocycles. The molecule has 2 aromatic heterocycles. The lowest BCUT2D eigenvalue weighted by Gasteiger charge is -2.06. The van der Waals surface area contributed by atoms with Gasteiger partial charge in [-0.25, -0.2) is 0 Å². The van der Waals surface area contributed by atoms with Crippen LogP contribution in [0.15, 0.2) is 48.0 Å². The van der Waals surface area contributed by atoms with Crippen molar-refractivity contribution in [2.75, 3.05) is 0 Å². The number of nitrogens with one attached hydrogen (secondary N) is 1. The summed E-state index contributed by atoms with van der Waals surface area (Å²) in [6, 6.07) is 11.1. The lowest BCUT2D eigenvalue weighted by Crippen LogP contribution is -2.22. The molecular formula is C18H18ClN3O2S. The molecule has 25 heavy (non-hydrogen) atoms. The summed E-state index contributed by atoms with van der Waals surface area (Å²) in [6.45, 7) is 3.62. The van der Waals surface area contributed by atoms with E-state index in [1.807, 2.05) is 53.5 Å². The first kappa shape index (κ1) is 17.5. The van der Waals surface area contributed by atoms with Crippen molar-refractivity contribution in [1.29, 1.82) is 0 Å². The van der Waals surface area contributed by atoms with Crippen LogP contribution in [0.4, 0.5) is 0 Å². The number of amides is 1. The molecule has 0 atom stereocenters. The molecule has 1 aromatic carbocycles. The van der Waals surface area contributed by atoms with E-state index in [9.17, 15) is 4.79 Å². The second-order valence-electron chi connectivity index (χ2n) is 5.38. The summed E-state index contributed by atoms with van der Waals surface area (Å²) in [4.78, 5) is 12.9. The van der Waals surface area contributed by atoms with Gasteiger partial charge < -0.3 is 10.1 Å². The minimum Gasteiger partial charge on any atom is -0.487 e. The predicted octanol–water partition coefficient (Wildman–Crippen LogP) is 4.13. The number of ether oxygens (including phenoxy) is 1. The Kier molecular flexibility index (Phi) is 5.73. The highest BCUT2D eigenvalue weighted by atomic mass is 35.5. The Balaban J connectivity index is 1.53. The largest absolute Gasteiger partial charge is 0.487 e. The van der Waals surface area contributed by atoms with E-state index in [-0.39, 0.29) is 5.91 Å². The number of halogens is 1. The van der Waals surface area contributed by atoms with Gasteiger partial charge in [0.1, 0.15) is 12.4 Å². The van der Waals surface area contributed by atoms with Crippen molar-refractivity contribution in [2.45, 2.75) is 26.6 Å². The Morgan fingerprint density at radius 3 is 2.96 bits per heavy atom. The van der Waals surface area contributed by atoms with E-state index in [1.165, 1.54) is 11.3 Å². The van der Waals surface area contributed by atoms with Crippen molar-refractivity contribution in [3.63, 3.8) is 0 Å². The van der Waals surface area contributed by atoms with E-state index >= 15 is 0 Å². The molecule has 1 amide bonds. The highest BCUT2D eigenvalue weighted by Crippen LogP contribution is 2.25. The number of para-hydroxylation sites is 1. The van der Waals surface area contributed by atoms with Gasteiger partial charge in [0.05, 0.1) is 22.1 Å². The number of thiophene rings is 1. The summed E-state index contributed by atoms with van der Waals surface area (Å²) >= 11 is 7.45. The molecule has 0 aliphatic carbocycles. The van der Waals surface area contributed by atoms with Crippen LogP contribution in [0.5, 0.6) is 5.75 Å². The third kappa shape index (κ3) is 4.61. The van der Waals surface area contributed by atoms with Crippen LogP contribution in [-0.2, 0) is 19.7 Å². The van der Waals surface area contributed by atoms with Crippen LogP contribution in [0.2, 0.25) is 5.02 Å². The number of hydrogen-bond acceptors (Lipinski definition) is 4. The van der Waals surface area contributed by atoms with Crippen LogP contribution < -0.4 is 10.1 Å². The lowest BCUT2D eigenvalue weighted by molar-refractivity contribution is 0.0954. The summed E-state index contributed by atoms with van der Waals surface area (Å²) < 4.78 is 7.52. The number of carbonyl (C=O) groups is 1. The lowest BCUT2D eigenvalue weighted by atomic mass is 10.3. The molecule has 3 rings (SSSR count). The minimum atomic E-state index is -0.111. The van der Waals surface area contributed by atoms with E-state index in [4.69, 9.17) is 16.3 Å². The van der Waals surface area contributed by atoms with Gasteiger partial charge in [0.25, 0.3) is 5.91 Å². The third-order valence-electron chi connectivity index (χ3n) is 3.56. The number of aryl methyl sites for hydroxylation is 1. The van der Waals surface area contributed by atoms with E-state index in [1.54, 1.807) is 6.07 Å². The molecule has 0 saturated carbocycles. The highest BCUT2D eigenvalue weighted by molar-refractivity contribution is 7.12. The molecule has 0 saturated heterocycles. The van der Waals surface area contributed by atoms with Gasteiger partial charge in [0.2, 0.25) is 0 Å². The molecule has 0 aliphatic rings. The molecule has 0 fully saturated rings. The van der Waals surface area contributed by atoms with Gasteiger partial charge in [-0.05, 0) is 36.6 Å². The SMILES string of the molecule is CCn1ccc(CNC(=O)c2cc(COc3ccccc3Cl)cs2)n1. The van der Waals surface area contributed by atoms with Crippen molar-refractivity contribution in [1.82, 2.24) is 15.1 Å². The maximum atomic E-state index is 12.2. The number of aromatic nitrogens is 2. The van der Waals surface area contributed by atoms with Crippen molar-refractivity contribution in [3.8, 4) is 5.75 Å². The van der Waals surface area contributed by atoms with Crippen LogP contribution in [-0.4, -0.2) is 15.7 Å². The van der Waals surface area contributed by atoms with Crippen LogP contribution in [0, 0.1) is 0 Å². The van der Waals surface area contributed by atoms with Crippen LogP contribution in [0.3, 0.4) is 0 Å². The zero-order valence-electron chi connectivity index (χ0n) is 13.7. The molecule has 1 N–H and O–H groups in total. The first-order chi connectivity index (χ1) is 12.2. The fourth-order valence-electron chi connectivity index (χ4n) is 2.23. The summed E-state index contributed by atoms with van der Waals surface area (Å²) in [5.41, 5.74) is 1.78. The molecule has 0 bridgehead atoms. The Bertz CT molecular complexity index is 859. The van der Waals surface area contributed by atoms with Crippen molar-refractivity contribution in [3.05, 3.63) is 69.1 Å². The number of nitrogens with zero attached hydrogens (tertiary/aromatic N) is 2. The number of benzene rings is 1. The number of carbonyl (C=O) groups excluding carboxylic acids is 1. The van der Waals surface area contributed by atoms with Crippen molar-refractivity contribution >= 4 is 28.8 Å². The molecule has 0 unspecified atom stereocenters. The van der Waals surface area contributed by atoms with Gasteiger partial charge in [-0.15, -0.1) is 11.3 Å². The maximum absolute atomic E-state index is 12.2. The van der Waals surface area contributed by atoms with Crippen LogP contribution in [0.25, 0.3) is 0 Å². The molecular weight excluding hydrogens is 358 g/mol. The molecule has 7 heteroatoms.